The summed E-state index contributed by atoms with van der Waals surface area (Å²) in [6.07, 6.45) is 3.27. The number of nitrogens with one attached hydrogen (secondary N) is 1. The van der Waals surface area contributed by atoms with Crippen molar-refractivity contribution in [3.63, 3.8) is 0 Å². The van der Waals surface area contributed by atoms with E-state index in [9.17, 15) is 14.4 Å². The molecule has 1 amide bonds. The van der Waals surface area contributed by atoms with Crippen LogP contribution in [0.1, 0.15) is 16.7 Å². The fourth-order valence-electron chi connectivity index (χ4n) is 4.62. The maximum absolute atomic E-state index is 14.9. The van der Waals surface area contributed by atoms with E-state index in [2.05, 4.69) is 33.1 Å². The molecule has 0 aliphatic carbocycles. The number of nitrogens with zero attached hydrogens (tertiary/aromatic N) is 4. The van der Waals surface area contributed by atoms with Crippen LogP contribution in [0.5, 0.6) is 11.5 Å². The Labute approximate surface area is 214 Å². The van der Waals surface area contributed by atoms with Gasteiger partial charge in [-0.05, 0) is 35.7 Å². The molecule has 1 aliphatic rings. The number of piperazine rings is 1. The SMILES string of the molecule is N#Cc1c[nH]c2nccc(Oc3ccc(CC(N)C(=O)N4CCN(Cc5ccccc5)CC4)cc3F)c12. The predicted octanol–water partition coefficient (Wildman–Crippen LogP) is 3.58. The first kappa shape index (κ1) is 24.4. The second kappa shape index (κ2) is 10.8. The number of carbonyl (C=O) groups excluding carboxylic acids is 1. The van der Waals surface area contributed by atoms with E-state index < -0.39 is 11.9 Å². The molecule has 8 nitrogen and oxygen atoms in total. The highest BCUT2D eigenvalue weighted by molar-refractivity contribution is 5.88. The number of hydrogen-bond donors (Lipinski definition) is 2. The Balaban J connectivity index is 1.19. The molecule has 1 aliphatic heterocycles. The Morgan fingerprint density at radius 2 is 1.89 bits per heavy atom. The van der Waals surface area contributed by atoms with Gasteiger partial charge in [-0.15, -0.1) is 0 Å². The van der Waals surface area contributed by atoms with Crippen molar-refractivity contribution in [2.45, 2.75) is 19.0 Å². The molecule has 188 valence electrons. The number of hydrogen-bond acceptors (Lipinski definition) is 6. The number of amides is 1. The molecule has 37 heavy (non-hydrogen) atoms. The molecule has 1 atom stereocenters. The summed E-state index contributed by atoms with van der Waals surface area (Å²) in [4.78, 5) is 24.1. The maximum atomic E-state index is 14.9. The maximum Gasteiger partial charge on any atom is 0.239 e. The van der Waals surface area contributed by atoms with E-state index in [0.29, 0.717) is 41.0 Å². The van der Waals surface area contributed by atoms with Crippen LogP contribution in [0, 0.1) is 17.1 Å². The average Bonchev–Trinajstić information content (AvgIpc) is 3.35. The lowest BCUT2D eigenvalue weighted by atomic mass is 10.0. The van der Waals surface area contributed by atoms with Gasteiger partial charge in [0, 0.05) is 45.1 Å². The Morgan fingerprint density at radius 1 is 1.11 bits per heavy atom. The van der Waals surface area contributed by atoms with E-state index in [1.807, 2.05) is 18.2 Å². The van der Waals surface area contributed by atoms with Crippen LogP contribution in [0.15, 0.2) is 67.0 Å². The van der Waals surface area contributed by atoms with Crippen molar-refractivity contribution in [1.29, 1.82) is 5.26 Å². The topological polar surface area (TPSA) is 111 Å². The lowest BCUT2D eigenvalue weighted by Gasteiger charge is -2.36. The molecule has 0 radical (unpaired) electrons. The van der Waals surface area contributed by atoms with E-state index in [1.54, 1.807) is 17.0 Å². The lowest BCUT2D eigenvalue weighted by molar-refractivity contribution is -0.134. The Bertz CT molecular complexity index is 1440. The number of halogens is 1. The van der Waals surface area contributed by atoms with Crippen LogP contribution in [-0.2, 0) is 17.8 Å². The van der Waals surface area contributed by atoms with Gasteiger partial charge in [0.1, 0.15) is 17.5 Å². The van der Waals surface area contributed by atoms with Gasteiger partial charge in [0.05, 0.1) is 17.0 Å². The van der Waals surface area contributed by atoms with Crippen LogP contribution in [0.3, 0.4) is 0 Å². The minimum absolute atomic E-state index is 0.00998. The van der Waals surface area contributed by atoms with Gasteiger partial charge in [-0.25, -0.2) is 9.37 Å². The van der Waals surface area contributed by atoms with Crippen LogP contribution in [-0.4, -0.2) is 57.9 Å². The van der Waals surface area contributed by atoms with Crippen LogP contribution in [0.25, 0.3) is 11.0 Å². The minimum Gasteiger partial charge on any atom is -0.453 e. The third-order valence-electron chi connectivity index (χ3n) is 6.58. The molecule has 3 N–H and O–H groups in total. The van der Waals surface area contributed by atoms with Gasteiger partial charge < -0.3 is 20.4 Å². The van der Waals surface area contributed by atoms with Crippen molar-refractivity contribution in [2.75, 3.05) is 26.2 Å². The molecule has 4 aromatic rings. The van der Waals surface area contributed by atoms with E-state index in [0.717, 1.165) is 19.6 Å². The summed E-state index contributed by atoms with van der Waals surface area (Å²) in [5, 5.41) is 9.82. The minimum atomic E-state index is -0.760. The normalized spacial score (nSPS) is 14.9. The first-order valence-corrected chi connectivity index (χ1v) is 12.1. The van der Waals surface area contributed by atoms with Crippen molar-refractivity contribution < 1.29 is 13.9 Å². The van der Waals surface area contributed by atoms with Gasteiger partial charge in [0.25, 0.3) is 0 Å². The number of benzene rings is 2. The molecular formula is C28H27FN6O2. The Morgan fingerprint density at radius 3 is 2.62 bits per heavy atom. The van der Waals surface area contributed by atoms with Crippen LogP contribution in [0.4, 0.5) is 4.39 Å². The first-order chi connectivity index (χ1) is 18.0. The molecule has 3 heterocycles. The highest BCUT2D eigenvalue weighted by Crippen LogP contribution is 2.32. The summed E-state index contributed by atoms with van der Waals surface area (Å²) in [6, 6.07) is 17.7. The van der Waals surface area contributed by atoms with Gasteiger partial charge in [-0.2, -0.15) is 5.26 Å². The number of nitriles is 1. The Hall–Kier alpha value is -4.26. The van der Waals surface area contributed by atoms with Crippen LogP contribution >= 0.6 is 0 Å². The van der Waals surface area contributed by atoms with Crippen molar-refractivity contribution in [2.24, 2.45) is 5.73 Å². The molecule has 1 saturated heterocycles. The second-order valence-corrected chi connectivity index (χ2v) is 9.11. The van der Waals surface area contributed by atoms with E-state index in [4.69, 9.17) is 10.5 Å². The summed E-state index contributed by atoms with van der Waals surface area (Å²) in [6.45, 7) is 3.65. The predicted molar refractivity (Wildman–Crippen MR) is 137 cm³/mol. The number of ether oxygens (including phenoxy) is 1. The van der Waals surface area contributed by atoms with E-state index >= 15 is 0 Å². The highest BCUT2D eigenvalue weighted by Gasteiger charge is 2.26. The Kier molecular flexibility index (Phi) is 7.12. The van der Waals surface area contributed by atoms with Crippen molar-refractivity contribution in [1.82, 2.24) is 19.8 Å². The van der Waals surface area contributed by atoms with Gasteiger partial charge in [-0.1, -0.05) is 36.4 Å². The number of aromatic nitrogens is 2. The molecule has 5 rings (SSSR count). The zero-order chi connectivity index (χ0) is 25.8. The monoisotopic (exact) mass is 498 g/mol. The number of H-pyrrole nitrogens is 1. The third-order valence-corrected chi connectivity index (χ3v) is 6.58. The number of carbonyl (C=O) groups is 1. The van der Waals surface area contributed by atoms with Crippen LogP contribution < -0.4 is 10.5 Å². The smallest absolute Gasteiger partial charge is 0.239 e. The third kappa shape index (κ3) is 5.45. The largest absolute Gasteiger partial charge is 0.453 e. The standard InChI is InChI=1S/C28H27FN6O2/c29-22-14-20(6-7-24(22)37-25-8-9-32-27-26(25)21(16-30)17-33-27)15-23(31)28(36)35-12-10-34(11-13-35)18-19-4-2-1-3-5-19/h1-9,14,17,23H,10-13,15,18,31H2,(H,32,33). The molecule has 0 spiro atoms. The van der Waals surface area contributed by atoms with Gasteiger partial charge in [0.15, 0.2) is 11.6 Å². The molecule has 0 saturated carbocycles. The summed E-state index contributed by atoms with van der Waals surface area (Å²) in [5.41, 5.74) is 8.93. The van der Waals surface area contributed by atoms with E-state index in [1.165, 1.54) is 30.1 Å². The lowest BCUT2D eigenvalue weighted by Crippen LogP contribution is -2.53. The second-order valence-electron chi connectivity index (χ2n) is 9.11. The summed E-state index contributed by atoms with van der Waals surface area (Å²) >= 11 is 0. The number of nitrogens with two attached hydrogens (primary N) is 1. The molecule has 1 fully saturated rings. The van der Waals surface area contributed by atoms with Crippen LogP contribution in [0.2, 0.25) is 0 Å². The zero-order valence-electron chi connectivity index (χ0n) is 20.2. The van der Waals surface area contributed by atoms with E-state index in [-0.39, 0.29) is 18.1 Å². The average molecular weight is 499 g/mol. The van der Waals surface area contributed by atoms with Gasteiger partial charge in [0.2, 0.25) is 5.91 Å². The first-order valence-electron chi connectivity index (χ1n) is 12.1. The number of fused-ring (bicyclic) bond motifs is 1. The molecule has 2 aromatic carbocycles. The number of aromatic amines is 1. The van der Waals surface area contributed by atoms with Crippen molar-refractivity contribution in [3.05, 3.63) is 89.5 Å². The number of rotatable bonds is 7. The molecular weight excluding hydrogens is 471 g/mol. The fourth-order valence-corrected chi connectivity index (χ4v) is 4.62. The quantitative estimate of drug-likeness (QED) is 0.403. The van der Waals surface area contributed by atoms with Gasteiger partial charge >= 0.3 is 0 Å². The zero-order valence-corrected chi connectivity index (χ0v) is 20.2. The number of pyridine rings is 1. The van der Waals surface area contributed by atoms with Crippen molar-refractivity contribution >= 4 is 16.9 Å². The van der Waals surface area contributed by atoms with Gasteiger partial charge in [-0.3, -0.25) is 9.69 Å². The van der Waals surface area contributed by atoms with Crippen molar-refractivity contribution in [3.8, 4) is 17.6 Å². The molecule has 2 aromatic heterocycles. The summed E-state index contributed by atoms with van der Waals surface area (Å²) < 4.78 is 20.7. The summed E-state index contributed by atoms with van der Waals surface area (Å²) in [7, 11) is 0. The molecule has 0 bridgehead atoms. The highest BCUT2D eigenvalue weighted by atomic mass is 19.1. The molecule has 9 heteroatoms. The fraction of sp³-hybridized carbons (Fsp3) is 0.250. The molecule has 1 unspecified atom stereocenters. The summed E-state index contributed by atoms with van der Waals surface area (Å²) in [5.74, 6) is -0.370.